The standard InChI is InChI=1S/C26H34N6.2CHF3O3S.Fe/c1-4-31-23-14-8-6-12-21(23)27-25(31)18-29(3)17-20-11-10-16-30(20)19-26-28-22-13-7-9-15-24(22)32(26)5-2;2*2-1(3,4)8(5,6)7;/h6-9,12-15,20H,4-5,10-11,16-19H2,1-3H3;2*(H,5,6,7);/q;;;+2/t20-;;;/m0.../s1. The first kappa shape index (κ1) is 42.4. The van der Waals surface area contributed by atoms with E-state index in [2.05, 4.69) is 88.4 Å². The number of imidazole rings is 2. The van der Waals surface area contributed by atoms with Gasteiger partial charge in [0.15, 0.2) is 0 Å². The molecule has 12 nitrogen and oxygen atoms in total. The number of likely N-dealkylation sites (N-methyl/N-ethyl adjacent to an activating group) is 1. The first-order chi connectivity index (χ1) is 22.2. The molecule has 1 fully saturated rings. The van der Waals surface area contributed by atoms with Crippen molar-refractivity contribution in [1.82, 2.24) is 28.9 Å². The topological polar surface area (TPSA) is 151 Å². The number of fused-ring (bicyclic) bond motifs is 2. The molecule has 2 N–H and O–H groups in total. The number of alkyl halides is 6. The molecule has 21 heteroatoms. The monoisotopic (exact) mass is 786 g/mol. The molecule has 1 aliphatic heterocycles. The molecule has 274 valence electrons. The number of hydrogen-bond donors (Lipinski definition) is 2. The zero-order valence-corrected chi connectivity index (χ0v) is 29.2. The molecule has 3 heterocycles. The van der Waals surface area contributed by atoms with Gasteiger partial charge in [0.2, 0.25) is 0 Å². The van der Waals surface area contributed by atoms with E-state index in [0.29, 0.717) is 6.04 Å². The molecule has 0 bridgehead atoms. The minimum atomic E-state index is -5.84. The van der Waals surface area contributed by atoms with Gasteiger partial charge in [-0.25, -0.2) is 9.97 Å². The summed E-state index contributed by atoms with van der Waals surface area (Å²) in [6.07, 6.45) is 2.51. The van der Waals surface area contributed by atoms with Crippen LogP contribution in [0.5, 0.6) is 0 Å². The Labute approximate surface area is 290 Å². The van der Waals surface area contributed by atoms with Crippen molar-refractivity contribution in [2.24, 2.45) is 0 Å². The number of halogens is 6. The fourth-order valence-electron chi connectivity index (χ4n) is 5.36. The minimum absolute atomic E-state index is 0. The van der Waals surface area contributed by atoms with E-state index >= 15 is 0 Å². The van der Waals surface area contributed by atoms with Crippen LogP contribution in [0, 0.1) is 0 Å². The Kier molecular flexibility index (Phi) is 14.7. The zero-order chi connectivity index (χ0) is 36.1. The Morgan fingerprint density at radius 2 is 1.20 bits per heavy atom. The van der Waals surface area contributed by atoms with Gasteiger partial charge in [-0.2, -0.15) is 43.2 Å². The molecule has 0 saturated carbocycles. The third kappa shape index (κ3) is 11.1. The van der Waals surface area contributed by atoms with E-state index in [0.717, 1.165) is 56.1 Å². The van der Waals surface area contributed by atoms with Gasteiger partial charge in [-0.05, 0) is 64.5 Å². The molecule has 0 unspecified atom stereocenters. The maximum Gasteiger partial charge on any atom is 2.00 e. The summed E-state index contributed by atoms with van der Waals surface area (Å²) in [4.78, 5) is 15.0. The number of benzene rings is 2. The second kappa shape index (κ2) is 17.0. The Hall–Kier alpha value is -2.78. The van der Waals surface area contributed by atoms with Gasteiger partial charge in [0, 0.05) is 25.7 Å². The van der Waals surface area contributed by atoms with E-state index < -0.39 is 31.3 Å². The normalized spacial score (nSPS) is 15.9. The van der Waals surface area contributed by atoms with Crippen LogP contribution in [0.2, 0.25) is 0 Å². The van der Waals surface area contributed by atoms with Gasteiger partial charge in [-0.15, -0.1) is 0 Å². The summed E-state index contributed by atoms with van der Waals surface area (Å²) in [5.41, 5.74) is -6.38. The van der Waals surface area contributed by atoms with Gasteiger partial charge in [-0.3, -0.25) is 18.9 Å². The van der Waals surface area contributed by atoms with E-state index in [9.17, 15) is 26.3 Å². The van der Waals surface area contributed by atoms with E-state index in [1.165, 1.54) is 29.7 Å². The summed E-state index contributed by atoms with van der Waals surface area (Å²) in [5, 5.41) is 0. The molecule has 1 atom stereocenters. The average Bonchev–Trinajstić information content (AvgIpc) is 3.66. The Bertz CT molecular complexity index is 1860. The summed E-state index contributed by atoms with van der Waals surface area (Å²) in [5.74, 6) is 2.35. The fourth-order valence-corrected chi connectivity index (χ4v) is 5.36. The van der Waals surface area contributed by atoms with Crippen molar-refractivity contribution in [3.05, 3.63) is 60.2 Å². The first-order valence-corrected chi connectivity index (χ1v) is 17.4. The first-order valence-electron chi connectivity index (χ1n) is 14.6. The number of para-hydroxylation sites is 4. The van der Waals surface area contributed by atoms with Crippen molar-refractivity contribution in [2.45, 2.75) is 69.9 Å². The molecule has 49 heavy (non-hydrogen) atoms. The van der Waals surface area contributed by atoms with Crippen molar-refractivity contribution >= 4 is 42.3 Å². The molecule has 0 amide bonds. The Morgan fingerprint density at radius 3 is 1.63 bits per heavy atom. The molecule has 2 aromatic carbocycles. The van der Waals surface area contributed by atoms with Crippen LogP contribution in [0.3, 0.4) is 0 Å². The van der Waals surface area contributed by atoms with E-state index in [-0.39, 0.29) is 17.1 Å². The Morgan fingerprint density at radius 1 is 0.796 bits per heavy atom. The van der Waals surface area contributed by atoms with Crippen molar-refractivity contribution in [3.8, 4) is 0 Å². The minimum Gasteiger partial charge on any atom is -0.327 e. The van der Waals surface area contributed by atoms with Crippen LogP contribution in [0.4, 0.5) is 26.3 Å². The van der Waals surface area contributed by atoms with Gasteiger partial charge in [-0.1, -0.05) is 24.3 Å². The van der Waals surface area contributed by atoms with Crippen LogP contribution in [0.25, 0.3) is 22.1 Å². The van der Waals surface area contributed by atoms with Crippen LogP contribution in [-0.2, 0) is 63.5 Å². The van der Waals surface area contributed by atoms with Crippen LogP contribution < -0.4 is 0 Å². The molecule has 0 aliphatic carbocycles. The third-order valence-electron chi connectivity index (χ3n) is 7.46. The molecule has 1 saturated heterocycles. The number of likely N-dealkylation sites (tertiary alicyclic amines) is 1. The maximum atomic E-state index is 10.7. The summed E-state index contributed by atoms with van der Waals surface area (Å²) in [6, 6.07) is 17.5. The molecular weight excluding hydrogens is 750 g/mol. The predicted molar refractivity (Wildman–Crippen MR) is 166 cm³/mol. The van der Waals surface area contributed by atoms with Crippen LogP contribution >= 0.6 is 0 Å². The van der Waals surface area contributed by atoms with Gasteiger partial charge in [0.1, 0.15) is 11.6 Å². The maximum absolute atomic E-state index is 10.7. The molecule has 5 rings (SSSR count). The van der Waals surface area contributed by atoms with Crippen LogP contribution in [0.1, 0.15) is 38.3 Å². The summed E-state index contributed by atoms with van der Waals surface area (Å²) in [7, 11) is -9.45. The molecular formula is C28H36F6FeN6O6S2+2. The summed E-state index contributed by atoms with van der Waals surface area (Å²) >= 11 is 0. The van der Waals surface area contributed by atoms with E-state index in [1.54, 1.807) is 0 Å². The van der Waals surface area contributed by atoms with Crippen molar-refractivity contribution < 1.29 is 69.4 Å². The quantitative estimate of drug-likeness (QED) is 0.104. The number of rotatable bonds is 8. The number of aromatic nitrogens is 4. The fraction of sp³-hybridized carbons (Fsp3) is 0.500. The van der Waals surface area contributed by atoms with Gasteiger partial charge in [0.25, 0.3) is 0 Å². The Balaban J connectivity index is 0.000000410. The van der Waals surface area contributed by atoms with Gasteiger partial charge < -0.3 is 9.13 Å². The molecule has 4 aromatic rings. The number of nitrogens with zero attached hydrogens (tertiary/aromatic N) is 6. The van der Waals surface area contributed by atoms with Gasteiger partial charge >= 0.3 is 48.3 Å². The van der Waals surface area contributed by atoms with Gasteiger partial charge in [0.05, 0.1) is 35.2 Å². The zero-order valence-electron chi connectivity index (χ0n) is 26.5. The molecule has 2 aromatic heterocycles. The summed E-state index contributed by atoms with van der Waals surface area (Å²) in [6.45, 7) is 10.3. The second-order valence-corrected chi connectivity index (χ2v) is 13.7. The third-order valence-corrected chi connectivity index (χ3v) is 8.63. The van der Waals surface area contributed by atoms with Crippen molar-refractivity contribution in [3.63, 3.8) is 0 Å². The van der Waals surface area contributed by atoms with Crippen molar-refractivity contribution in [2.75, 3.05) is 20.1 Å². The number of hydrogen-bond acceptors (Lipinski definition) is 8. The molecule has 1 aliphatic rings. The average molecular weight is 787 g/mol. The van der Waals surface area contributed by atoms with E-state index in [1.807, 2.05) is 0 Å². The SMILES string of the molecule is CCn1c(CN(C)C[C@@H]2CCCN2Cc2nc3ccccc3n2CC)nc2ccccc21.O=S(=O)(O)C(F)(F)F.O=S(=O)(O)C(F)(F)F.[Fe+2]. The predicted octanol–water partition coefficient (Wildman–Crippen LogP) is 5.31. The van der Waals surface area contributed by atoms with Crippen LogP contribution in [-0.4, -0.2) is 92.0 Å². The van der Waals surface area contributed by atoms with Crippen molar-refractivity contribution in [1.29, 1.82) is 0 Å². The van der Waals surface area contributed by atoms with E-state index in [4.69, 9.17) is 35.9 Å². The molecule has 0 spiro atoms. The number of aryl methyl sites for hydroxylation is 2. The van der Waals surface area contributed by atoms with Crippen LogP contribution in [0.15, 0.2) is 48.5 Å². The smallest absolute Gasteiger partial charge is 0.327 e. The second-order valence-electron chi connectivity index (χ2n) is 10.8. The molecule has 0 radical (unpaired) electrons. The largest absolute Gasteiger partial charge is 2.00 e. The summed E-state index contributed by atoms with van der Waals surface area (Å²) < 4.78 is 120.